The van der Waals surface area contributed by atoms with E-state index in [2.05, 4.69) is 4.90 Å². The topological polar surface area (TPSA) is 29.5 Å². The number of rotatable bonds is 2. The van der Waals surface area contributed by atoms with Gasteiger partial charge >= 0.3 is 0 Å². The van der Waals surface area contributed by atoms with Gasteiger partial charge in [-0.3, -0.25) is 4.79 Å². The molecule has 90 valence electrons. The van der Waals surface area contributed by atoms with Gasteiger partial charge in [0.25, 0.3) is 0 Å². The summed E-state index contributed by atoms with van der Waals surface area (Å²) in [5, 5.41) is 0. The summed E-state index contributed by atoms with van der Waals surface area (Å²) in [6.07, 6.45) is 5.00. The Hall–Kier alpha value is -0.410. The van der Waals surface area contributed by atoms with Crippen LogP contribution in [0.5, 0.6) is 0 Å². The van der Waals surface area contributed by atoms with Crippen LogP contribution < -0.4 is 0 Å². The van der Waals surface area contributed by atoms with Gasteiger partial charge in [-0.2, -0.15) is 0 Å². The second-order valence-corrected chi connectivity index (χ2v) is 5.65. The number of hydrogen-bond donors (Lipinski definition) is 0. The molecule has 0 aromatic carbocycles. The lowest BCUT2D eigenvalue weighted by molar-refractivity contribution is -0.131. The normalized spacial score (nSPS) is 47.2. The number of Topliss-reactive ketones (excluding diaryl/α,β-unsaturated/α-hetero) is 1. The molecule has 4 aliphatic heterocycles. The Morgan fingerprint density at radius 1 is 1.19 bits per heavy atom. The SMILES string of the molecule is CC(=O)C1CC[C@@H]([C@@H]2CN3CCC2CC3)O1. The lowest BCUT2D eigenvalue weighted by atomic mass is 9.75. The van der Waals surface area contributed by atoms with E-state index in [1.165, 1.54) is 32.5 Å². The molecule has 4 heterocycles. The molecule has 3 nitrogen and oxygen atoms in total. The van der Waals surface area contributed by atoms with Gasteiger partial charge in [-0.15, -0.1) is 0 Å². The lowest BCUT2D eigenvalue weighted by Gasteiger charge is -2.46. The Balaban J connectivity index is 1.64. The number of carbonyl (C=O) groups excluding carboxylic acids is 1. The molecule has 0 saturated carbocycles. The maximum Gasteiger partial charge on any atom is 0.158 e. The molecule has 3 heteroatoms. The molecule has 0 aromatic heterocycles. The number of ketones is 1. The van der Waals surface area contributed by atoms with E-state index in [4.69, 9.17) is 4.74 Å². The van der Waals surface area contributed by atoms with Crippen LogP contribution in [0.15, 0.2) is 0 Å². The minimum atomic E-state index is -0.0968. The first-order chi connectivity index (χ1) is 7.74. The second kappa shape index (κ2) is 4.11. The summed E-state index contributed by atoms with van der Waals surface area (Å²) in [7, 11) is 0. The van der Waals surface area contributed by atoms with E-state index >= 15 is 0 Å². The standard InChI is InChI=1S/C13H21NO2/c1-9(15)12-2-3-13(16-12)11-8-14-6-4-10(11)5-7-14/h10-13H,2-8H2,1H3/t11-,12?,13+/m1/s1. The fourth-order valence-corrected chi connectivity index (χ4v) is 3.71. The fraction of sp³-hybridized carbons (Fsp3) is 0.923. The number of nitrogens with zero attached hydrogens (tertiary/aromatic N) is 1. The van der Waals surface area contributed by atoms with Crippen molar-refractivity contribution in [1.82, 2.24) is 4.90 Å². The van der Waals surface area contributed by atoms with Gasteiger partial charge in [-0.25, -0.2) is 0 Å². The zero-order valence-electron chi connectivity index (χ0n) is 10.0. The summed E-state index contributed by atoms with van der Waals surface area (Å²) in [6, 6.07) is 0. The molecule has 4 rings (SSSR count). The first-order valence-electron chi connectivity index (χ1n) is 6.62. The quantitative estimate of drug-likeness (QED) is 0.710. The highest BCUT2D eigenvalue weighted by atomic mass is 16.5. The third-order valence-corrected chi connectivity index (χ3v) is 4.69. The van der Waals surface area contributed by atoms with Crippen LogP contribution in [0.3, 0.4) is 0 Å². The molecule has 3 atom stereocenters. The molecule has 4 fully saturated rings. The third-order valence-electron chi connectivity index (χ3n) is 4.69. The van der Waals surface area contributed by atoms with Crippen LogP contribution in [0.4, 0.5) is 0 Å². The monoisotopic (exact) mass is 223 g/mol. The van der Waals surface area contributed by atoms with Crippen LogP contribution in [-0.2, 0) is 9.53 Å². The summed E-state index contributed by atoms with van der Waals surface area (Å²) >= 11 is 0. The van der Waals surface area contributed by atoms with Crippen molar-refractivity contribution in [1.29, 1.82) is 0 Å². The Bertz CT molecular complexity index is 284. The van der Waals surface area contributed by atoms with E-state index in [9.17, 15) is 4.79 Å². The van der Waals surface area contributed by atoms with Gasteiger partial charge in [0.05, 0.1) is 6.10 Å². The van der Waals surface area contributed by atoms with Crippen molar-refractivity contribution in [2.24, 2.45) is 11.8 Å². The van der Waals surface area contributed by atoms with Crippen molar-refractivity contribution >= 4 is 5.78 Å². The zero-order valence-corrected chi connectivity index (χ0v) is 10.0. The molecule has 0 amide bonds. The van der Waals surface area contributed by atoms with Crippen molar-refractivity contribution in [2.45, 2.75) is 44.8 Å². The highest BCUT2D eigenvalue weighted by Gasteiger charge is 2.42. The van der Waals surface area contributed by atoms with E-state index in [0.717, 1.165) is 18.8 Å². The second-order valence-electron chi connectivity index (χ2n) is 5.65. The fourth-order valence-electron chi connectivity index (χ4n) is 3.71. The number of ether oxygens (including phenoxy) is 1. The summed E-state index contributed by atoms with van der Waals surface area (Å²) in [5.74, 6) is 1.77. The molecule has 4 saturated heterocycles. The molecule has 0 aromatic rings. The van der Waals surface area contributed by atoms with Crippen molar-refractivity contribution in [3.05, 3.63) is 0 Å². The average molecular weight is 223 g/mol. The predicted molar refractivity (Wildman–Crippen MR) is 61.2 cm³/mol. The summed E-state index contributed by atoms with van der Waals surface area (Å²) in [6.45, 7) is 5.43. The van der Waals surface area contributed by atoms with Gasteiger partial charge in [0.2, 0.25) is 0 Å². The predicted octanol–water partition coefficient (Wildman–Crippen LogP) is 1.46. The van der Waals surface area contributed by atoms with Gasteiger partial charge in [-0.05, 0) is 51.6 Å². The Kier molecular flexibility index (Phi) is 2.76. The summed E-state index contributed by atoms with van der Waals surface area (Å²) in [4.78, 5) is 13.9. The molecule has 1 unspecified atom stereocenters. The van der Waals surface area contributed by atoms with Gasteiger partial charge in [0.15, 0.2) is 5.78 Å². The van der Waals surface area contributed by atoms with Crippen LogP contribution in [0.2, 0.25) is 0 Å². The summed E-state index contributed by atoms with van der Waals surface area (Å²) in [5.41, 5.74) is 0. The van der Waals surface area contributed by atoms with E-state index in [0.29, 0.717) is 12.0 Å². The molecular weight excluding hydrogens is 202 g/mol. The molecule has 0 N–H and O–H groups in total. The van der Waals surface area contributed by atoms with Gasteiger partial charge in [0, 0.05) is 12.5 Å². The Morgan fingerprint density at radius 3 is 2.44 bits per heavy atom. The Labute approximate surface area is 97.1 Å². The number of carbonyl (C=O) groups is 1. The molecule has 16 heavy (non-hydrogen) atoms. The van der Waals surface area contributed by atoms with Crippen LogP contribution in [0, 0.1) is 11.8 Å². The van der Waals surface area contributed by atoms with Crippen LogP contribution in [0.25, 0.3) is 0 Å². The molecule has 4 aliphatic rings. The minimum absolute atomic E-state index is 0.0968. The molecule has 0 radical (unpaired) electrons. The largest absolute Gasteiger partial charge is 0.367 e. The van der Waals surface area contributed by atoms with Crippen LogP contribution in [0.1, 0.15) is 32.6 Å². The van der Waals surface area contributed by atoms with Gasteiger partial charge < -0.3 is 9.64 Å². The smallest absolute Gasteiger partial charge is 0.158 e. The molecule has 0 spiro atoms. The number of fused-ring (bicyclic) bond motifs is 3. The van der Waals surface area contributed by atoms with Crippen molar-refractivity contribution < 1.29 is 9.53 Å². The minimum Gasteiger partial charge on any atom is -0.367 e. The van der Waals surface area contributed by atoms with Crippen molar-refractivity contribution in [2.75, 3.05) is 19.6 Å². The van der Waals surface area contributed by atoms with Crippen LogP contribution in [-0.4, -0.2) is 42.5 Å². The number of piperidine rings is 3. The lowest BCUT2D eigenvalue weighted by Crippen LogP contribution is -2.51. The first kappa shape index (κ1) is 10.7. The molecular formula is C13H21NO2. The van der Waals surface area contributed by atoms with E-state index in [1.807, 2.05) is 0 Å². The van der Waals surface area contributed by atoms with Gasteiger partial charge in [-0.1, -0.05) is 0 Å². The highest BCUT2D eigenvalue weighted by molar-refractivity contribution is 5.80. The van der Waals surface area contributed by atoms with Gasteiger partial charge in [0.1, 0.15) is 6.10 Å². The van der Waals surface area contributed by atoms with Crippen LogP contribution >= 0.6 is 0 Å². The molecule has 0 aliphatic carbocycles. The summed E-state index contributed by atoms with van der Waals surface area (Å²) < 4.78 is 5.94. The molecule has 2 bridgehead atoms. The van der Waals surface area contributed by atoms with Crippen molar-refractivity contribution in [3.63, 3.8) is 0 Å². The van der Waals surface area contributed by atoms with E-state index < -0.39 is 0 Å². The third kappa shape index (κ3) is 1.80. The average Bonchev–Trinajstić information content (AvgIpc) is 2.80. The van der Waals surface area contributed by atoms with Crippen molar-refractivity contribution in [3.8, 4) is 0 Å². The highest BCUT2D eigenvalue weighted by Crippen LogP contribution is 2.39. The zero-order chi connectivity index (χ0) is 11.1. The van der Waals surface area contributed by atoms with E-state index in [1.54, 1.807) is 6.92 Å². The maximum atomic E-state index is 11.3. The van der Waals surface area contributed by atoms with E-state index in [-0.39, 0.29) is 11.9 Å². The first-order valence-corrected chi connectivity index (χ1v) is 6.62. The Morgan fingerprint density at radius 2 is 1.94 bits per heavy atom. The number of hydrogen-bond acceptors (Lipinski definition) is 3. The maximum absolute atomic E-state index is 11.3.